The summed E-state index contributed by atoms with van der Waals surface area (Å²) in [7, 11) is 0. The van der Waals surface area contributed by atoms with Crippen molar-refractivity contribution in [2.45, 2.75) is 13.8 Å². The number of hydrogen-bond donors (Lipinski definition) is 0. The van der Waals surface area contributed by atoms with Gasteiger partial charge < -0.3 is 9.80 Å². The summed E-state index contributed by atoms with van der Waals surface area (Å²) in [5.74, 6) is 0.243. The lowest BCUT2D eigenvalue weighted by Crippen LogP contribution is -2.50. The highest BCUT2D eigenvalue weighted by atomic mass is 32.1. The Morgan fingerprint density at radius 3 is 2.53 bits per heavy atom. The molecule has 0 atom stereocenters. The van der Waals surface area contributed by atoms with Gasteiger partial charge in [-0.1, -0.05) is 0 Å². The lowest BCUT2D eigenvalue weighted by Gasteiger charge is -2.35. The Morgan fingerprint density at radius 2 is 2.00 bits per heavy atom. The summed E-state index contributed by atoms with van der Waals surface area (Å²) < 4.78 is 0. The molecule has 0 unspecified atom stereocenters. The van der Waals surface area contributed by atoms with E-state index in [9.17, 15) is 4.79 Å². The first-order chi connectivity index (χ1) is 9.24. The van der Waals surface area contributed by atoms with Crippen molar-refractivity contribution in [2.24, 2.45) is 0 Å². The number of rotatable bonds is 5. The Labute approximate surface area is 118 Å². The molecule has 0 spiro atoms. The zero-order chi connectivity index (χ0) is 13.7. The molecule has 1 aliphatic rings. The number of amides is 1. The van der Waals surface area contributed by atoms with Crippen molar-refractivity contribution < 1.29 is 4.79 Å². The van der Waals surface area contributed by atoms with Crippen LogP contribution in [0.25, 0.3) is 0 Å². The van der Waals surface area contributed by atoms with Crippen molar-refractivity contribution in [3.63, 3.8) is 0 Å². The number of piperazine rings is 1. The Hall–Kier alpha value is -1.14. The third-order valence-corrected chi connectivity index (χ3v) is 4.37. The summed E-state index contributed by atoms with van der Waals surface area (Å²) >= 11 is 1.68. The predicted molar refractivity (Wildman–Crippen MR) is 78.7 cm³/mol. The van der Waals surface area contributed by atoms with E-state index >= 15 is 0 Å². The predicted octanol–water partition coefficient (Wildman–Crippen LogP) is 1.13. The number of carbonyl (C=O) groups excluding carboxylic acids is 1. The van der Waals surface area contributed by atoms with Crippen LogP contribution in [-0.2, 0) is 4.79 Å². The number of hydrogen-bond acceptors (Lipinski definition) is 5. The van der Waals surface area contributed by atoms with E-state index in [0.717, 1.165) is 44.4 Å². The zero-order valence-electron chi connectivity index (χ0n) is 11.7. The van der Waals surface area contributed by atoms with Gasteiger partial charge in [-0.3, -0.25) is 9.69 Å². The summed E-state index contributed by atoms with van der Waals surface area (Å²) in [5.41, 5.74) is 0. The van der Waals surface area contributed by atoms with E-state index in [0.29, 0.717) is 6.54 Å². The molecule has 2 rings (SSSR count). The van der Waals surface area contributed by atoms with Gasteiger partial charge in [-0.15, -0.1) is 11.3 Å². The maximum Gasteiger partial charge on any atom is 0.236 e. The van der Waals surface area contributed by atoms with Crippen molar-refractivity contribution >= 4 is 22.4 Å². The minimum absolute atomic E-state index is 0.243. The van der Waals surface area contributed by atoms with Gasteiger partial charge in [0.1, 0.15) is 0 Å². The van der Waals surface area contributed by atoms with Crippen LogP contribution < -0.4 is 4.90 Å². The topological polar surface area (TPSA) is 39.7 Å². The molecular weight excluding hydrogens is 260 g/mol. The number of nitrogens with zero attached hydrogens (tertiary/aromatic N) is 4. The molecule has 1 aromatic rings. The Bertz CT molecular complexity index is 383. The van der Waals surface area contributed by atoms with Gasteiger partial charge in [0.2, 0.25) is 5.91 Å². The van der Waals surface area contributed by atoms with Crippen molar-refractivity contribution in [3.05, 3.63) is 11.6 Å². The Kier molecular flexibility index (Phi) is 5.15. The van der Waals surface area contributed by atoms with E-state index in [-0.39, 0.29) is 5.91 Å². The van der Waals surface area contributed by atoms with E-state index in [1.54, 1.807) is 11.3 Å². The molecule has 1 aromatic heterocycles. The normalized spacial score (nSPS) is 16.6. The number of anilines is 1. The van der Waals surface area contributed by atoms with Gasteiger partial charge in [0.25, 0.3) is 0 Å². The third-order valence-electron chi connectivity index (χ3n) is 3.54. The quantitative estimate of drug-likeness (QED) is 0.812. The second-order valence-electron chi connectivity index (χ2n) is 4.64. The molecule has 19 heavy (non-hydrogen) atoms. The highest BCUT2D eigenvalue weighted by molar-refractivity contribution is 7.13. The number of thiazole rings is 1. The van der Waals surface area contributed by atoms with E-state index in [2.05, 4.69) is 14.8 Å². The van der Waals surface area contributed by atoms with Crippen molar-refractivity contribution in [2.75, 3.05) is 50.7 Å². The highest BCUT2D eigenvalue weighted by Crippen LogP contribution is 2.18. The standard InChI is InChI=1S/C13H22N4OS/c1-3-16(4-2)12(18)11-15-6-8-17(9-7-15)13-14-5-10-19-13/h5,10H,3-4,6-9,11H2,1-2H3. The summed E-state index contributed by atoms with van der Waals surface area (Å²) in [5, 5.41) is 3.10. The van der Waals surface area contributed by atoms with Gasteiger partial charge in [0, 0.05) is 50.8 Å². The lowest BCUT2D eigenvalue weighted by molar-refractivity contribution is -0.132. The van der Waals surface area contributed by atoms with Gasteiger partial charge in [-0.2, -0.15) is 0 Å². The van der Waals surface area contributed by atoms with Gasteiger partial charge in [-0.05, 0) is 13.8 Å². The molecule has 0 N–H and O–H groups in total. The molecule has 1 amide bonds. The summed E-state index contributed by atoms with van der Waals surface area (Å²) in [6, 6.07) is 0. The first-order valence-corrected chi connectivity index (χ1v) is 7.77. The maximum absolute atomic E-state index is 12.0. The molecule has 0 aromatic carbocycles. The lowest BCUT2D eigenvalue weighted by atomic mass is 10.3. The number of aromatic nitrogens is 1. The SMILES string of the molecule is CCN(CC)C(=O)CN1CCN(c2nccs2)CC1. The first-order valence-electron chi connectivity index (χ1n) is 6.89. The van der Waals surface area contributed by atoms with Crippen LogP contribution in [0, 0.1) is 0 Å². The fraction of sp³-hybridized carbons (Fsp3) is 0.692. The van der Waals surface area contributed by atoms with Gasteiger partial charge >= 0.3 is 0 Å². The van der Waals surface area contributed by atoms with Crippen LogP contribution in [0.15, 0.2) is 11.6 Å². The zero-order valence-corrected chi connectivity index (χ0v) is 12.5. The molecule has 2 heterocycles. The van der Waals surface area contributed by atoms with Crippen LogP contribution in [0.3, 0.4) is 0 Å². The molecule has 1 aliphatic heterocycles. The largest absolute Gasteiger partial charge is 0.346 e. The van der Waals surface area contributed by atoms with Crippen LogP contribution in [0.1, 0.15) is 13.8 Å². The van der Waals surface area contributed by atoms with Crippen molar-refractivity contribution in [1.29, 1.82) is 0 Å². The average Bonchev–Trinajstić information content (AvgIpc) is 2.95. The fourth-order valence-corrected chi connectivity index (χ4v) is 3.03. The minimum Gasteiger partial charge on any atom is -0.346 e. The maximum atomic E-state index is 12.0. The number of likely N-dealkylation sites (N-methyl/N-ethyl adjacent to an activating group) is 1. The molecule has 0 saturated carbocycles. The Balaban J connectivity index is 1.79. The Morgan fingerprint density at radius 1 is 1.32 bits per heavy atom. The second-order valence-corrected chi connectivity index (χ2v) is 5.52. The summed E-state index contributed by atoms with van der Waals surface area (Å²) in [6.07, 6.45) is 1.84. The van der Waals surface area contributed by atoms with E-state index < -0.39 is 0 Å². The molecule has 6 heteroatoms. The van der Waals surface area contributed by atoms with Crippen LogP contribution in [0.5, 0.6) is 0 Å². The van der Waals surface area contributed by atoms with E-state index in [4.69, 9.17) is 0 Å². The molecule has 106 valence electrons. The fourth-order valence-electron chi connectivity index (χ4n) is 2.34. The third kappa shape index (κ3) is 3.67. The molecule has 0 radical (unpaired) electrons. The minimum atomic E-state index is 0.243. The highest BCUT2D eigenvalue weighted by Gasteiger charge is 2.21. The first kappa shape index (κ1) is 14.3. The molecular formula is C13H22N4OS. The van der Waals surface area contributed by atoms with Gasteiger partial charge in [-0.25, -0.2) is 4.98 Å². The van der Waals surface area contributed by atoms with E-state index in [1.807, 2.05) is 30.3 Å². The molecule has 1 saturated heterocycles. The van der Waals surface area contributed by atoms with Gasteiger partial charge in [0.15, 0.2) is 5.13 Å². The van der Waals surface area contributed by atoms with Gasteiger partial charge in [0.05, 0.1) is 6.54 Å². The van der Waals surface area contributed by atoms with Crippen LogP contribution in [0.2, 0.25) is 0 Å². The molecule has 0 bridgehead atoms. The monoisotopic (exact) mass is 282 g/mol. The smallest absolute Gasteiger partial charge is 0.236 e. The van der Waals surface area contributed by atoms with E-state index in [1.165, 1.54) is 0 Å². The molecule has 1 fully saturated rings. The van der Waals surface area contributed by atoms with Crippen molar-refractivity contribution in [3.8, 4) is 0 Å². The molecule has 5 nitrogen and oxygen atoms in total. The summed E-state index contributed by atoms with van der Waals surface area (Å²) in [4.78, 5) is 22.8. The number of carbonyl (C=O) groups is 1. The molecule has 0 aliphatic carbocycles. The average molecular weight is 282 g/mol. The van der Waals surface area contributed by atoms with Crippen LogP contribution >= 0.6 is 11.3 Å². The second kappa shape index (κ2) is 6.86. The van der Waals surface area contributed by atoms with Crippen LogP contribution in [-0.4, -0.2) is 66.5 Å². The van der Waals surface area contributed by atoms with Crippen LogP contribution in [0.4, 0.5) is 5.13 Å². The summed E-state index contributed by atoms with van der Waals surface area (Å²) in [6.45, 7) is 10.00. The van der Waals surface area contributed by atoms with Crippen molar-refractivity contribution in [1.82, 2.24) is 14.8 Å².